The van der Waals surface area contributed by atoms with E-state index in [0.717, 1.165) is 36.1 Å². The number of aromatic nitrogens is 1. The fraction of sp³-hybridized carbons (Fsp3) is 0.375. The van der Waals surface area contributed by atoms with Crippen LogP contribution in [0.4, 0.5) is 0 Å². The number of likely N-dealkylation sites (tertiary alicyclic amines) is 1. The second-order valence-electron chi connectivity index (χ2n) is 8.01. The second kappa shape index (κ2) is 8.19. The third-order valence-electron chi connectivity index (χ3n) is 5.86. The van der Waals surface area contributed by atoms with Gasteiger partial charge >= 0.3 is 0 Å². The largest absolute Gasteiger partial charge is 0.361 e. The first-order valence-corrected chi connectivity index (χ1v) is 10.3. The number of carbonyl (C=O) groups excluding carboxylic acids is 1. The van der Waals surface area contributed by atoms with Crippen LogP contribution in [0.3, 0.4) is 0 Å². The Morgan fingerprint density at radius 2 is 1.82 bits per heavy atom. The van der Waals surface area contributed by atoms with E-state index in [2.05, 4.69) is 71.5 Å². The zero-order chi connectivity index (χ0) is 19.5. The van der Waals surface area contributed by atoms with Crippen LogP contribution < -0.4 is 5.32 Å². The van der Waals surface area contributed by atoms with E-state index in [0.29, 0.717) is 12.5 Å². The minimum absolute atomic E-state index is 0.0922. The number of rotatable bonds is 6. The molecule has 2 aromatic carbocycles. The van der Waals surface area contributed by atoms with Gasteiger partial charge in [-0.3, -0.25) is 9.69 Å². The van der Waals surface area contributed by atoms with Gasteiger partial charge in [-0.2, -0.15) is 0 Å². The Morgan fingerprint density at radius 1 is 1.11 bits per heavy atom. The predicted octanol–water partition coefficient (Wildman–Crippen LogP) is 4.29. The van der Waals surface area contributed by atoms with Gasteiger partial charge in [0.25, 0.3) is 0 Å². The molecule has 0 radical (unpaired) electrons. The molecule has 0 spiro atoms. The lowest BCUT2D eigenvalue weighted by Gasteiger charge is -2.23. The molecule has 0 aliphatic carbocycles. The Hall–Kier alpha value is -2.59. The summed E-state index contributed by atoms with van der Waals surface area (Å²) in [5.74, 6) is 0.0922. The number of nitrogens with one attached hydrogen (secondary N) is 2. The summed E-state index contributed by atoms with van der Waals surface area (Å²) >= 11 is 0. The number of fused-ring (bicyclic) bond motifs is 1. The molecule has 1 saturated heterocycles. The summed E-state index contributed by atoms with van der Waals surface area (Å²) in [4.78, 5) is 18.2. The number of carbonyl (C=O) groups is 1. The molecule has 4 heteroatoms. The zero-order valence-electron chi connectivity index (χ0n) is 16.8. The molecule has 2 N–H and O–H groups in total. The summed E-state index contributed by atoms with van der Waals surface area (Å²) < 4.78 is 0. The maximum atomic E-state index is 12.5. The van der Waals surface area contributed by atoms with Crippen molar-refractivity contribution in [3.8, 4) is 11.1 Å². The molecule has 1 aromatic heterocycles. The van der Waals surface area contributed by atoms with Crippen LogP contribution in [-0.2, 0) is 11.2 Å². The van der Waals surface area contributed by atoms with E-state index in [-0.39, 0.29) is 5.91 Å². The first-order chi connectivity index (χ1) is 13.6. The average Bonchev–Trinajstić information content (AvgIpc) is 3.37. The summed E-state index contributed by atoms with van der Waals surface area (Å²) in [6.45, 7) is 7.33. The highest BCUT2D eigenvalue weighted by molar-refractivity contribution is 5.91. The van der Waals surface area contributed by atoms with Gasteiger partial charge in [-0.05, 0) is 62.5 Å². The van der Waals surface area contributed by atoms with E-state index in [9.17, 15) is 4.79 Å². The highest BCUT2D eigenvalue weighted by Crippen LogP contribution is 2.26. The Balaban J connectivity index is 1.41. The van der Waals surface area contributed by atoms with E-state index in [1.54, 1.807) is 0 Å². The summed E-state index contributed by atoms with van der Waals surface area (Å²) in [5, 5.41) is 4.23. The SMILES string of the molecule is Cc1ccc(-c2ccc3c(CC(=O)NCC(C)N4CCCC4)c[nH]c3c2)cc1. The van der Waals surface area contributed by atoms with Crippen LogP contribution in [-0.4, -0.2) is 41.5 Å². The van der Waals surface area contributed by atoms with Crippen molar-refractivity contribution in [1.82, 2.24) is 15.2 Å². The summed E-state index contributed by atoms with van der Waals surface area (Å²) in [5.41, 5.74) is 5.78. The molecule has 2 heterocycles. The van der Waals surface area contributed by atoms with Gasteiger partial charge in [-0.15, -0.1) is 0 Å². The number of hydrogen-bond donors (Lipinski definition) is 2. The fourth-order valence-corrected chi connectivity index (χ4v) is 4.07. The van der Waals surface area contributed by atoms with Gasteiger partial charge in [-0.25, -0.2) is 0 Å². The Bertz CT molecular complexity index is 952. The maximum absolute atomic E-state index is 12.5. The molecular weight excluding hydrogens is 346 g/mol. The number of aryl methyl sites for hydroxylation is 1. The number of nitrogens with zero attached hydrogens (tertiary/aromatic N) is 1. The van der Waals surface area contributed by atoms with E-state index >= 15 is 0 Å². The van der Waals surface area contributed by atoms with Gasteiger partial charge in [0.05, 0.1) is 6.42 Å². The van der Waals surface area contributed by atoms with E-state index < -0.39 is 0 Å². The van der Waals surface area contributed by atoms with Crippen LogP contribution in [0.15, 0.2) is 48.7 Å². The normalized spacial score (nSPS) is 15.8. The van der Waals surface area contributed by atoms with Gasteiger partial charge in [-0.1, -0.05) is 42.0 Å². The molecule has 0 bridgehead atoms. The van der Waals surface area contributed by atoms with Crippen LogP contribution in [0.1, 0.15) is 30.9 Å². The molecule has 1 amide bonds. The first kappa shape index (κ1) is 18.8. The van der Waals surface area contributed by atoms with E-state index in [1.165, 1.54) is 29.5 Å². The van der Waals surface area contributed by atoms with Crippen LogP contribution in [0.5, 0.6) is 0 Å². The van der Waals surface area contributed by atoms with Crippen LogP contribution in [0, 0.1) is 6.92 Å². The number of amides is 1. The number of H-pyrrole nitrogens is 1. The van der Waals surface area contributed by atoms with Gasteiger partial charge in [0.2, 0.25) is 5.91 Å². The van der Waals surface area contributed by atoms with Crippen molar-refractivity contribution in [2.24, 2.45) is 0 Å². The highest BCUT2D eigenvalue weighted by Gasteiger charge is 2.18. The molecule has 146 valence electrons. The van der Waals surface area contributed by atoms with Gasteiger partial charge < -0.3 is 10.3 Å². The molecule has 0 saturated carbocycles. The lowest BCUT2D eigenvalue weighted by Crippen LogP contribution is -2.41. The van der Waals surface area contributed by atoms with Crippen LogP contribution in [0.25, 0.3) is 22.0 Å². The minimum Gasteiger partial charge on any atom is -0.361 e. The van der Waals surface area contributed by atoms with Crippen LogP contribution >= 0.6 is 0 Å². The fourth-order valence-electron chi connectivity index (χ4n) is 4.07. The maximum Gasteiger partial charge on any atom is 0.224 e. The van der Waals surface area contributed by atoms with Crippen molar-refractivity contribution >= 4 is 16.8 Å². The summed E-state index contributed by atoms with van der Waals surface area (Å²) in [6, 6.07) is 15.4. The third kappa shape index (κ3) is 4.12. The minimum atomic E-state index is 0.0922. The molecule has 4 rings (SSSR count). The zero-order valence-corrected chi connectivity index (χ0v) is 16.8. The average molecular weight is 376 g/mol. The summed E-state index contributed by atoms with van der Waals surface area (Å²) in [7, 11) is 0. The molecule has 1 aliphatic heterocycles. The van der Waals surface area contributed by atoms with Crippen molar-refractivity contribution in [3.63, 3.8) is 0 Å². The Morgan fingerprint density at radius 3 is 2.57 bits per heavy atom. The first-order valence-electron chi connectivity index (χ1n) is 10.3. The lowest BCUT2D eigenvalue weighted by molar-refractivity contribution is -0.120. The molecule has 4 nitrogen and oxygen atoms in total. The highest BCUT2D eigenvalue weighted by atomic mass is 16.1. The van der Waals surface area contributed by atoms with E-state index in [1.807, 2.05) is 6.20 Å². The number of hydrogen-bond acceptors (Lipinski definition) is 2. The van der Waals surface area contributed by atoms with Crippen molar-refractivity contribution < 1.29 is 4.79 Å². The Labute approximate surface area is 166 Å². The quantitative estimate of drug-likeness (QED) is 0.675. The molecule has 28 heavy (non-hydrogen) atoms. The third-order valence-corrected chi connectivity index (χ3v) is 5.86. The van der Waals surface area contributed by atoms with Crippen molar-refractivity contribution in [1.29, 1.82) is 0 Å². The molecule has 1 fully saturated rings. The van der Waals surface area contributed by atoms with Crippen LogP contribution in [0.2, 0.25) is 0 Å². The van der Waals surface area contributed by atoms with E-state index in [4.69, 9.17) is 0 Å². The van der Waals surface area contributed by atoms with Crippen molar-refractivity contribution in [2.75, 3.05) is 19.6 Å². The Kier molecular flexibility index (Phi) is 5.49. The summed E-state index contributed by atoms with van der Waals surface area (Å²) in [6.07, 6.45) is 4.93. The molecule has 1 atom stereocenters. The van der Waals surface area contributed by atoms with Gasteiger partial charge in [0.15, 0.2) is 0 Å². The standard InChI is InChI=1S/C24H29N3O/c1-17-5-7-19(8-6-17)20-9-10-22-21(16-25-23(22)13-20)14-24(28)26-15-18(2)27-11-3-4-12-27/h5-10,13,16,18,25H,3-4,11-12,14-15H2,1-2H3,(H,26,28). The van der Waals surface area contributed by atoms with Crippen molar-refractivity contribution in [3.05, 3.63) is 59.8 Å². The number of aromatic amines is 1. The second-order valence-corrected chi connectivity index (χ2v) is 8.01. The van der Waals surface area contributed by atoms with Gasteiger partial charge in [0, 0.05) is 29.7 Å². The molecule has 1 aliphatic rings. The van der Waals surface area contributed by atoms with Crippen molar-refractivity contribution in [2.45, 2.75) is 39.2 Å². The monoisotopic (exact) mass is 375 g/mol. The topological polar surface area (TPSA) is 48.1 Å². The molecule has 1 unspecified atom stereocenters. The predicted molar refractivity (Wildman–Crippen MR) is 115 cm³/mol. The van der Waals surface area contributed by atoms with Gasteiger partial charge in [0.1, 0.15) is 0 Å². The molecular formula is C24H29N3O. The lowest BCUT2D eigenvalue weighted by atomic mass is 10.0. The number of benzene rings is 2. The smallest absolute Gasteiger partial charge is 0.224 e. The molecule has 3 aromatic rings.